The quantitative estimate of drug-likeness (QED) is 0.394. The average Bonchev–Trinajstić information content (AvgIpc) is 3.68. The van der Waals surface area contributed by atoms with Gasteiger partial charge in [-0.1, -0.05) is 27.7 Å². The van der Waals surface area contributed by atoms with E-state index < -0.39 is 0 Å². The van der Waals surface area contributed by atoms with Gasteiger partial charge in [0, 0.05) is 0 Å². The molecule has 0 bridgehead atoms. The number of rotatable bonds is 9. The van der Waals surface area contributed by atoms with Crippen LogP contribution in [0.1, 0.15) is 125 Å². The van der Waals surface area contributed by atoms with Crippen molar-refractivity contribution in [2.75, 3.05) is 0 Å². The van der Waals surface area contributed by atoms with Gasteiger partial charge in [-0.3, -0.25) is 0 Å². The van der Waals surface area contributed by atoms with Gasteiger partial charge in [-0.25, -0.2) is 0 Å². The van der Waals surface area contributed by atoms with Crippen molar-refractivity contribution >= 4 is 0 Å². The van der Waals surface area contributed by atoms with E-state index in [1.807, 2.05) is 0 Å². The molecular weight excluding hydrogens is 416 g/mol. The van der Waals surface area contributed by atoms with Crippen molar-refractivity contribution in [1.82, 2.24) is 0 Å². The Balaban J connectivity index is 1.49. The maximum absolute atomic E-state index is 11.4. The van der Waals surface area contributed by atoms with E-state index in [-0.39, 0.29) is 0 Å². The first-order valence-corrected chi connectivity index (χ1v) is 14.1. The van der Waals surface area contributed by atoms with Gasteiger partial charge in [0.2, 0.25) is 0 Å². The summed E-state index contributed by atoms with van der Waals surface area (Å²) in [6, 6.07) is 9.13. The first kappa shape index (κ1) is 22.5. The maximum Gasteiger partial charge on any atom is 0.122 e. The number of aromatic hydroxyl groups is 2. The number of benzene rings is 2. The van der Waals surface area contributed by atoms with Crippen LogP contribution in [0.15, 0.2) is 24.3 Å². The third kappa shape index (κ3) is 4.16. The van der Waals surface area contributed by atoms with Crippen molar-refractivity contribution in [2.45, 2.75) is 103 Å². The fourth-order valence-electron chi connectivity index (χ4n) is 6.48. The predicted octanol–water partition coefficient (Wildman–Crippen LogP) is 8.82. The summed E-state index contributed by atoms with van der Waals surface area (Å²) in [7, 11) is 0. The van der Waals surface area contributed by atoms with Crippen molar-refractivity contribution in [3.8, 4) is 22.6 Å². The molecule has 0 radical (unpaired) electrons. The van der Waals surface area contributed by atoms with Crippen molar-refractivity contribution < 1.29 is 10.2 Å². The molecule has 0 aliphatic heterocycles. The molecule has 2 heteroatoms. The lowest BCUT2D eigenvalue weighted by atomic mass is 9.82. The summed E-state index contributed by atoms with van der Waals surface area (Å²) in [4.78, 5) is 0. The monoisotopic (exact) mass is 458 g/mol. The minimum absolute atomic E-state index is 0.400. The number of hydrogen-bond donors (Lipinski definition) is 2. The molecule has 2 aromatic rings. The van der Waals surface area contributed by atoms with E-state index in [1.165, 1.54) is 62.5 Å². The molecule has 0 unspecified atom stereocenters. The zero-order valence-electron chi connectivity index (χ0n) is 21.5. The van der Waals surface area contributed by atoms with E-state index in [9.17, 15) is 10.2 Å². The molecule has 34 heavy (non-hydrogen) atoms. The summed E-state index contributed by atoms with van der Waals surface area (Å²) in [6.07, 6.45) is 10.3. The molecule has 2 nitrogen and oxygen atoms in total. The van der Waals surface area contributed by atoms with Crippen molar-refractivity contribution in [3.63, 3.8) is 0 Å². The summed E-state index contributed by atoms with van der Waals surface area (Å²) in [5, 5.41) is 22.8. The van der Waals surface area contributed by atoms with Crippen LogP contribution in [0.5, 0.6) is 11.5 Å². The normalized spacial score (nSPS) is 24.0. The Bertz CT molecular complexity index is 919. The summed E-state index contributed by atoms with van der Waals surface area (Å²) in [5.74, 6) is 5.55. The highest BCUT2D eigenvalue weighted by atomic mass is 16.3. The third-order valence-electron chi connectivity index (χ3n) is 9.95. The van der Waals surface area contributed by atoms with E-state index >= 15 is 0 Å². The number of phenolic OH excluding ortho intramolecular Hbond substituents is 2. The van der Waals surface area contributed by atoms with E-state index in [0.717, 1.165) is 22.3 Å². The Morgan fingerprint density at radius 1 is 0.471 bits per heavy atom. The summed E-state index contributed by atoms with van der Waals surface area (Å²) in [5.41, 5.74) is 7.04. The molecular formula is C32H42O2. The lowest BCUT2D eigenvalue weighted by Gasteiger charge is -2.24. The first-order valence-electron chi connectivity index (χ1n) is 14.1. The molecule has 4 aliphatic rings. The topological polar surface area (TPSA) is 40.5 Å². The van der Waals surface area contributed by atoms with Crippen LogP contribution in [0.2, 0.25) is 0 Å². The smallest absolute Gasteiger partial charge is 0.122 e. The fraction of sp³-hybridized carbons (Fsp3) is 0.625. The highest BCUT2D eigenvalue weighted by Gasteiger charge is 2.37. The zero-order chi connectivity index (χ0) is 23.7. The second-order valence-electron chi connectivity index (χ2n) is 12.5. The van der Waals surface area contributed by atoms with Crippen LogP contribution in [0.3, 0.4) is 0 Å². The van der Waals surface area contributed by atoms with Crippen LogP contribution in [0.4, 0.5) is 0 Å². The van der Waals surface area contributed by atoms with Crippen LogP contribution in [0, 0.1) is 23.7 Å². The van der Waals surface area contributed by atoms with Gasteiger partial charge in [0.05, 0.1) is 0 Å². The number of phenols is 2. The van der Waals surface area contributed by atoms with Crippen molar-refractivity contribution in [2.24, 2.45) is 23.7 Å². The van der Waals surface area contributed by atoms with E-state index in [4.69, 9.17) is 0 Å². The molecule has 0 aromatic heterocycles. The zero-order valence-corrected chi connectivity index (χ0v) is 21.5. The summed E-state index contributed by atoms with van der Waals surface area (Å²) < 4.78 is 0. The van der Waals surface area contributed by atoms with E-state index in [1.54, 1.807) is 0 Å². The average molecular weight is 459 g/mol. The Hall–Kier alpha value is -1.96. The second kappa shape index (κ2) is 8.32. The molecule has 2 N–H and O–H groups in total. The molecule has 0 spiro atoms. The predicted molar refractivity (Wildman–Crippen MR) is 140 cm³/mol. The van der Waals surface area contributed by atoms with Gasteiger partial charge in [0.15, 0.2) is 0 Å². The highest BCUT2D eigenvalue weighted by Crippen LogP contribution is 2.53. The first-order chi connectivity index (χ1) is 16.3. The Morgan fingerprint density at radius 2 is 0.676 bits per heavy atom. The highest BCUT2D eigenvalue weighted by molar-refractivity contribution is 5.72. The number of hydrogen-bond acceptors (Lipinski definition) is 2. The Kier molecular flexibility index (Phi) is 5.50. The molecule has 4 saturated carbocycles. The molecule has 0 saturated heterocycles. The molecule has 6 rings (SSSR count). The lowest BCUT2D eigenvalue weighted by molar-refractivity contribution is 0.442. The minimum Gasteiger partial charge on any atom is -0.507 e. The van der Waals surface area contributed by atoms with Gasteiger partial charge in [-0.15, -0.1) is 0 Å². The van der Waals surface area contributed by atoms with Gasteiger partial charge >= 0.3 is 0 Å². The molecule has 0 heterocycles. The standard InChI is InChI=1S/C32H42O2/c1-17(21-5-6-21)27-13-25(14-28(31(27)33)18(2)22-7-8-22)26-15-29(19(3)23-9-10-23)32(34)30(16-26)20(4)24-11-12-24/h13-24,33-34H,5-12H2,1-4H3/t17-,18-,19-,20-/m0/s1. The Morgan fingerprint density at radius 3 is 0.853 bits per heavy atom. The molecule has 0 amide bonds. The molecule has 4 fully saturated rings. The van der Waals surface area contributed by atoms with Gasteiger partial charge in [-0.2, -0.15) is 0 Å². The molecule has 4 aliphatic carbocycles. The lowest BCUT2D eigenvalue weighted by Crippen LogP contribution is -2.05. The molecule has 2 aromatic carbocycles. The van der Waals surface area contributed by atoms with Crippen LogP contribution < -0.4 is 0 Å². The van der Waals surface area contributed by atoms with Gasteiger partial charge in [0.25, 0.3) is 0 Å². The van der Waals surface area contributed by atoms with Crippen LogP contribution in [-0.4, -0.2) is 10.2 Å². The summed E-state index contributed by atoms with van der Waals surface area (Å²) >= 11 is 0. The van der Waals surface area contributed by atoms with E-state index in [0.29, 0.717) is 58.8 Å². The van der Waals surface area contributed by atoms with Crippen LogP contribution in [-0.2, 0) is 0 Å². The van der Waals surface area contributed by atoms with Crippen LogP contribution >= 0.6 is 0 Å². The SMILES string of the molecule is C[C@H](c1cc(-c2cc([C@@H](C)C3CC3)c(O)c([C@@H](C)C3CC3)c2)cc([C@@H](C)C2CC2)c1O)C1CC1. The van der Waals surface area contributed by atoms with Crippen molar-refractivity contribution in [3.05, 3.63) is 46.5 Å². The van der Waals surface area contributed by atoms with E-state index in [2.05, 4.69) is 52.0 Å². The van der Waals surface area contributed by atoms with Gasteiger partial charge in [-0.05, 0) is 156 Å². The van der Waals surface area contributed by atoms with Crippen molar-refractivity contribution in [1.29, 1.82) is 0 Å². The molecule has 182 valence electrons. The van der Waals surface area contributed by atoms with Gasteiger partial charge < -0.3 is 10.2 Å². The minimum atomic E-state index is 0.400. The van der Waals surface area contributed by atoms with Gasteiger partial charge in [0.1, 0.15) is 11.5 Å². The maximum atomic E-state index is 11.4. The fourth-order valence-corrected chi connectivity index (χ4v) is 6.48. The largest absolute Gasteiger partial charge is 0.507 e. The van der Waals surface area contributed by atoms with Crippen LogP contribution in [0.25, 0.3) is 11.1 Å². The second-order valence-corrected chi connectivity index (χ2v) is 12.5. The Labute approximate surface area is 205 Å². The molecule has 4 atom stereocenters. The summed E-state index contributed by atoms with van der Waals surface area (Å²) in [6.45, 7) is 9.22. The third-order valence-corrected chi connectivity index (χ3v) is 9.95.